The average Bonchev–Trinajstić information content (AvgIpc) is 3.47. The Morgan fingerprint density at radius 3 is 2.29 bits per heavy atom. The molecular weight excluding hydrogens is 524 g/mol. The molecule has 3 atom stereocenters. The smallest absolute Gasteiger partial charge is 0.250 e. The number of hydrogen-bond donors (Lipinski definition) is 1. The van der Waals surface area contributed by atoms with Crippen molar-refractivity contribution in [1.29, 1.82) is 0 Å². The highest BCUT2D eigenvalue weighted by Gasteiger charge is 2.39. The number of hydrogen-bond acceptors (Lipinski definition) is 6. The molecule has 41 heavy (non-hydrogen) atoms. The van der Waals surface area contributed by atoms with E-state index >= 15 is 0 Å². The van der Waals surface area contributed by atoms with Gasteiger partial charge in [-0.25, -0.2) is 0 Å². The first kappa shape index (κ1) is 29.2. The Kier molecular flexibility index (Phi) is 8.45. The van der Waals surface area contributed by atoms with E-state index in [4.69, 9.17) is 4.43 Å². The molecule has 1 N–H and O–H groups in total. The number of nitrogens with one attached hydrogen (secondary N) is 1. The Bertz CT molecular complexity index is 1400. The molecule has 1 aliphatic heterocycles. The monoisotopic (exact) mass is 568 g/mol. The van der Waals surface area contributed by atoms with Crippen molar-refractivity contribution < 1.29 is 4.43 Å². The van der Waals surface area contributed by atoms with E-state index in [0.29, 0.717) is 17.9 Å². The summed E-state index contributed by atoms with van der Waals surface area (Å²) >= 11 is 0. The normalized spacial score (nSPS) is 19.7. The van der Waals surface area contributed by atoms with Crippen LogP contribution in [0.2, 0.25) is 18.1 Å². The van der Waals surface area contributed by atoms with Crippen LogP contribution in [0.5, 0.6) is 5.75 Å². The third-order valence-electron chi connectivity index (χ3n) is 8.91. The molecule has 0 radical (unpaired) electrons. The quantitative estimate of drug-likeness (QED) is 0.232. The van der Waals surface area contributed by atoms with Crippen LogP contribution in [0.25, 0.3) is 11.4 Å². The molecule has 1 saturated heterocycles. The number of aromatic nitrogens is 4. The van der Waals surface area contributed by atoms with Gasteiger partial charge in [-0.1, -0.05) is 87.5 Å². The van der Waals surface area contributed by atoms with Gasteiger partial charge in [0.1, 0.15) is 5.75 Å². The number of H-pyrrole nitrogens is 1. The van der Waals surface area contributed by atoms with Crippen LogP contribution in [0.1, 0.15) is 57.4 Å². The molecule has 8 heteroatoms. The van der Waals surface area contributed by atoms with Crippen molar-refractivity contribution >= 4 is 8.32 Å². The summed E-state index contributed by atoms with van der Waals surface area (Å²) in [7, 11) is -1.97. The molecule has 0 aliphatic carbocycles. The third-order valence-corrected chi connectivity index (χ3v) is 13.3. The molecule has 7 nitrogen and oxygen atoms in total. The molecule has 3 aromatic carbocycles. The maximum atomic E-state index is 6.76. The van der Waals surface area contributed by atoms with E-state index in [2.05, 4.69) is 157 Å². The Morgan fingerprint density at radius 2 is 1.63 bits per heavy atom. The number of piperazine rings is 1. The van der Waals surface area contributed by atoms with Gasteiger partial charge >= 0.3 is 0 Å². The first-order chi connectivity index (χ1) is 19.5. The Morgan fingerprint density at radius 1 is 0.902 bits per heavy atom. The predicted molar refractivity (Wildman–Crippen MR) is 168 cm³/mol. The van der Waals surface area contributed by atoms with E-state index in [9.17, 15) is 0 Å². The van der Waals surface area contributed by atoms with E-state index in [1.165, 1.54) is 16.7 Å². The summed E-state index contributed by atoms with van der Waals surface area (Å²) in [5, 5.41) is 14.7. The lowest BCUT2D eigenvalue weighted by Crippen LogP contribution is -2.56. The Labute approximate surface area is 246 Å². The molecule has 2 heterocycles. The molecule has 216 valence electrons. The van der Waals surface area contributed by atoms with Crippen LogP contribution in [-0.2, 0) is 6.54 Å². The van der Waals surface area contributed by atoms with Gasteiger partial charge in [-0.2, -0.15) is 5.21 Å². The predicted octanol–water partition coefficient (Wildman–Crippen LogP) is 6.93. The molecule has 4 aromatic rings. The average molecular weight is 569 g/mol. The van der Waals surface area contributed by atoms with E-state index < -0.39 is 8.32 Å². The minimum atomic E-state index is -1.97. The van der Waals surface area contributed by atoms with Gasteiger partial charge in [-0.15, -0.1) is 10.2 Å². The molecule has 0 spiro atoms. The van der Waals surface area contributed by atoms with Gasteiger partial charge in [0.15, 0.2) is 0 Å². The SMILES string of the molecule is C[C@@H]1CN([C@H](c2ccc(-c3nn[nH]n3)cc2)c2cccc(O[Si](C)(C)C(C)(C)C)c2)[C@@H](C)CN1Cc1ccccc1. The van der Waals surface area contributed by atoms with Gasteiger partial charge < -0.3 is 4.43 Å². The molecule has 1 aliphatic rings. The van der Waals surface area contributed by atoms with E-state index in [-0.39, 0.29) is 11.1 Å². The molecular formula is C33H44N6OSi. The van der Waals surface area contributed by atoms with Crippen LogP contribution in [0, 0.1) is 0 Å². The number of aromatic amines is 1. The van der Waals surface area contributed by atoms with Gasteiger partial charge in [0.2, 0.25) is 14.1 Å². The number of rotatable bonds is 8. The van der Waals surface area contributed by atoms with Crippen LogP contribution in [-0.4, -0.2) is 63.9 Å². The fraction of sp³-hybridized carbons (Fsp3) is 0.424. The highest BCUT2D eigenvalue weighted by molar-refractivity contribution is 6.74. The zero-order chi connectivity index (χ0) is 29.2. The largest absolute Gasteiger partial charge is 0.543 e. The van der Waals surface area contributed by atoms with Gasteiger partial charge in [-0.3, -0.25) is 9.80 Å². The fourth-order valence-electron chi connectivity index (χ4n) is 5.49. The Hall–Kier alpha value is -3.33. The summed E-state index contributed by atoms with van der Waals surface area (Å²) in [4.78, 5) is 5.28. The minimum Gasteiger partial charge on any atom is -0.543 e. The number of benzene rings is 3. The van der Waals surface area contributed by atoms with Crippen molar-refractivity contribution in [3.8, 4) is 17.1 Å². The van der Waals surface area contributed by atoms with Crippen LogP contribution in [0.4, 0.5) is 0 Å². The summed E-state index contributed by atoms with van der Waals surface area (Å²) in [5.41, 5.74) is 4.82. The lowest BCUT2D eigenvalue weighted by molar-refractivity contribution is 0.0195. The van der Waals surface area contributed by atoms with Crippen molar-refractivity contribution in [2.45, 2.75) is 77.4 Å². The standard InChI is InChI=1S/C33H44N6OSi/c1-24-22-39(25(2)21-38(24)23-26-12-9-8-10-13-26)31(27-16-18-28(19-17-27)32-34-36-37-35-32)29-14-11-15-30(20-29)40-41(6,7)33(3,4)5/h8-20,24-25,31H,21-23H2,1-7H3,(H,34,35,36,37)/t24-,25+,31-/m1/s1. The lowest BCUT2D eigenvalue weighted by atomic mass is 9.92. The van der Waals surface area contributed by atoms with Gasteiger partial charge in [0.25, 0.3) is 0 Å². The van der Waals surface area contributed by atoms with Gasteiger partial charge in [-0.05, 0) is 66.0 Å². The zero-order valence-electron chi connectivity index (χ0n) is 25.5. The first-order valence-corrected chi connectivity index (χ1v) is 17.6. The third kappa shape index (κ3) is 6.61. The van der Waals surface area contributed by atoms with E-state index in [1.54, 1.807) is 0 Å². The van der Waals surface area contributed by atoms with Crippen molar-refractivity contribution in [1.82, 2.24) is 30.4 Å². The van der Waals surface area contributed by atoms with Crippen LogP contribution in [0.15, 0.2) is 78.9 Å². The van der Waals surface area contributed by atoms with Gasteiger partial charge in [0.05, 0.1) is 6.04 Å². The van der Waals surface area contributed by atoms with E-state index in [0.717, 1.165) is 30.9 Å². The highest BCUT2D eigenvalue weighted by atomic mass is 28.4. The summed E-state index contributed by atoms with van der Waals surface area (Å²) in [5.74, 6) is 1.57. The highest BCUT2D eigenvalue weighted by Crippen LogP contribution is 2.39. The topological polar surface area (TPSA) is 70.2 Å². The summed E-state index contributed by atoms with van der Waals surface area (Å²) in [6, 6.07) is 29.1. The maximum Gasteiger partial charge on any atom is 0.250 e. The Balaban J connectivity index is 1.47. The lowest BCUT2D eigenvalue weighted by Gasteiger charge is -2.48. The molecule has 1 aromatic heterocycles. The van der Waals surface area contributed by atoms with Gasteiger partial charge in [0, 0.05) is 37.3 Å². The van der Waals surface area contributed by atoms with E-state index in [1.807, 2.05) is 0 Å². The second-order valence-electron chi connectivity index (χ2n) is 13.0. The first-order valence-electron chi connectivity index (χ1n) is 14.7. The molecule has 1 fully saturated rings. The molecule has 0 amide bonds. The summed E-state index contributed by atoms with van der Waals surface area (Å²) < 4.78 is 6.76. The molecule has 0 saturated carbocycles. The maximum absolute atomic E-state index is 6.76. The number of tetrazole rings is 1. The van der Waals surface area contributed by atoms with Crippen molar-refractivity contribution in [2.24, 2.45) is 0 Å². The van der Waals surface area contributed by atoms with Crippen LogP contribution in [0.3, 0.4) is 0 Å². The summed E-state index contributed by atoms with van der Waals surface area (Å²) in [6.07, 6.45) is 0. The van der Waals surface area contributed by atoms with Crippen LogP contribution < -0.4 is 4.43 Å². The zero-order valence-corrected chi connectivity index (χ0v) is 26.5. The number of nitrogens with zero attached hydrogens (tertiary/aromatic N) is 5. The second-order valence-corrected chi connectivity index (χ2v) is 17.7. The molecule has 5 rings (SSSR count). The van der Waals surface area contributed by atoms with Crippen molar-refractivity contribution in [2.75, 3.05) is 13.1 Å². The van der Waals surface area contributed by atoms with Crippen LogP contribution >= 0.6 is 0 Å². The van der Waals surface area contributed by atoms with Crippen molar-refractivity contribution in [3.63, 3.8) is 0 Å². The minimum absolute atomic E-state index is 0.0913. The fourth-order valence-corrected chi connectivity index (χ4v) is 6.52. The second kappa shape index (κ2) is 11.9. The molecule has 0 unspecified atom stereocenters. The van der Waals surface area contributed by atoms with Crippen molar-refractivity contribution in [3.05, 3.63) is 95.6 Å². The summed E-state index contributed by atoms with van der Waals surface area (Å²) in [6.45, 7) is 19.1. The molecule has 0 bridgehead atoms.